The lowest BCUT2D eigenvalue weighted by Gasteiger charge is -2.19. The minimum atomic E-state index is 0.457. The van der Waals surface area contributed by atoms with Crippen molar-refractivity contribution in [3.63, 3.8) is 0 Å². The van der Waals surface area contributed by atoms with E-state index in [2.05, 4.69) is 20.8 Å². The van der Waals surface area contributed by atoms with E-state index in [0.29, 0.717) is 6.04 Å². The van der Waals surface area contributed by atoms with Crippen molar-refractivity contribution in [3.05, 3.63) is 0 Å². The van der Waals surface area contributed by atoms with Crippen molar-refractivity contribution in [3.8, 4) is 0 Å². The number of unbranched alkanes of at least 4 members (excludes halogenated alkanes) is 3. The van der Waals surface area contributed by atoms with Gasteiger partial charge in [-0.25, -0.2) is 0 Å². The van der Waals surface area contributed by atoms with Gasteiger partial charge in [-0.05, 0) is 18.8 Å². The molecule has 0 aliphatic heterocycles. The largest absolute Gasteiger partial charge is 0.328 e. The quantitative estimate of drug-likeness (QED) is 0.531. The summed E-state index contributed by atoms with van der Waals surface area (Å²) in [6.07, 6.45) is 11.8. The van der Waals surface area contributed by atoms with E-state index in [1.807, 2.05) is 0 Å². The first-order valence-electron chi connectivity index (χ1n) is 7.00. The molecule has 0 heterocycles. The van der Waals surface area contributed by atoms with Crippen LogP contribution < -0.4 is 5.73 Å². The molecular formula is C14H31N. The second-order valence-electron chi connectivity index (χ2n) is 4.91. The molecular weight excluding hydrogens is 182 g/mol. The van der Waals surface area contributed by atoms with Gasteiger partial charge in [-0.15, -0.1) is 0 Å². The summed E-state index contributed by atoms with van der Waals surface area (Å²) >= 11 is 0. The van der Waals surface area contributed by atoms with Gasteiger partial charge in [0.05, 0.1) is 0 Å². The van der Waals surface area contributed by atoms with Crippen LogP contribution in [0.3, 0.4) is 0 Å². The molecule has 0 aromatic rings. The Balaban J connectivity index is 3.55. The van der Waals surface area contributed by atoms with Crippen molar-refractivity contribution in [2.75, 3.05) is 0 Å². The molecule has 0 rings (SSSR count). The van der Waals surface area contributed by atoms with E-state index in [9.17, 15) is 0 Å². The van der Waals surface area contributed by atoms with Gasteiger partial charge in [0.25, 0.3) is 0 Å². The Labute approximate surface area is 96.8 Å². The van der Waals surface area contributed by atoms with Crippen LogP contribution in [0.1, 0.15) is 78.6 Å². The SMILES string of the molecule is CCCCCC(N)CC(CC)CCCC. The van der Waals surface area contributed by atoms with Crippen molar-refractivity contribution in [2.24, 2.45) is 11.7 Å². The fourth-order valence-electron chi connectivity index (χ4n) is 2.18. The van der Waals surface area contributed by atoms with E-state index in [-0.39, 0.29) is 0 Å². The van der Waals surface area contributed by atoms with Crippen molar-refractivity contribution in [2.45, 2.75) is 84.6 Å². The third-order valence-electron chi connectivity index (χ3n) is 3.36. The molecule has 0 saturated carbocycles. The molecule has 0 aliphatic rings. The zero-order valence-corrected chi connectivity index (χ0v) is 11.1. The van der Waals surface area contributed by atoms with Crippen molar-refractivity contribution >= 4 is 0 Å². The second-order valence-corrected chi connectivity index (χ2v) is 4.91. The molecule has 1 heteroatoms. The van der Waals surface area contributed by atoms with E-state index in [4.69, 9.17) is 5.73 Å². The normalized spacial score (nSPS) is 15.2. The third kappa shape index (κ3) is 8.92. The lowest BCUT2D eigenvalue weighted by Crippen LogP contribution is -2.23. The average Bonchev–Trinajstić information content (AvgIpc) is 2.24. The first-order chi connectivity index (χ1) is 7.24. The van der Waals surface area contributed by atoms with Crippen molar-refractivity contribution in [1.82, 2.24) is 0 Å². The van der Waals surface area contributed by atoms with Gasteiger partial charge in [0, 0.05) is 6.04 Å². The zero-order valence-electron chi connectivity index (χ0n) is 11.1. The van der Waals surface area contributed by atoms with Gasteiger partial charge in [0.2, 0.25) is 0 Å². The summed E-state index contributed by atoms with van der Waals surface area (Å²) in [5, 5.41) is 0. The lowest BCUT2D eigenvalue weighted by atomic mass is 9.90. The first-order valence-corrected chi connectivity index (χ1v) is 7.00. The molecule has 0 fully saturated rings. The molecule has 0 amide bonds. The van der Waals surface area contributed by atoms with Crippen LogP contribution >= 0.6 is 0 Å². The first kappa shape index (κ1) is 15.0. The minimum absolute atomic E-state index is 0.457. The average molecular weight is 213 g/mol. The molecule has 1 nitrogen and oxygen atoms in total. The molecule has 0 aliphatic carbocycles. The van der Waals surface area contributed by atoms with E-state index < -0.39 is 0 Å². The predicted octanol–water partition coefficient (Wildman–Crippen LogP) is 4.50. The van der Waals surface area contributed by atoms with E-state index in [1.165, 1.54) is 57.8 Å². The smallest absolute Gasteiger partial charge is 0.00414 e. The fraction of sp³-hybridized carbons (Fsp3) is 1.00. The van der Waals surface area contributed by atoms with Crippen LogP contribution in [0, 0.1) is 5.92 Å². The highest BCUT2D eigenvalue weighted by molar-refractivity contribution is 4.68. The third-order valence-corrected chi connectivity index (χ3v) is 3.36. The van der Waals surface area contributed by atoms with Gasteiger partial charge in [0.1, 0.15) is 0 Å². The van der Waals surface area contributed by atoms with Crippen LogP contribution in [-0.4, -0.2) is 6.04 Å². The Morgan fingerprint density at radius 3 is 2.07 bits per heavy atom. The highest BCUT2D eigenvalue weighted by atomic mass is 14.6. The second kappa shape index (κ2) is 10.5. The van der Waals surface area contributed by atoms with E-state index in [0.717, 1.165) is 5.92 Å². The van der Waals surface area contributed by atoms with Gasteiger partial charge < -0.3 is 5.73 Å². The van der Waals surface area contributed by atoms with Gasteiger partial charge in [-0.2, -0.15) is 0 Å². The van der Waals surface area contributed by atoms with Crippen LogP contribution in [0.2, 0.25) is 0 Å². The minimum Gasteiger partial charge on any atom is -0.328 e. The molecule has 0 spiro atoms. The molecule has 0 aromatic heterocycles. The number of hydrogen-bond acceptors (Lipinski definition) is 1. The maximum atomic E-state index is 6.16. The van der Waals surface area contributed by atoms with Crippen molar-refractivity contribution < 1.29 is 0 Å². The molecule has 2 atom stereocenters. The molecule has 2 N–H and O–H groups in total. The van der Waals surface area contributed by atoms with Crippen LogP contribution in [0.5, 0.6) is 0 Å². The summed E-state index contributed by atoms with van der Waals surface area (Å²) in [5.74, 6) is 0.876. The fourth-order valence-corrected chi connectivity index (χ4v) is 2.18. The highest BCUT2D eigenvalue weighted by Crippen LogP contribution is 2.19. The Kier molecular flexibility index (Phi) is 10.4. The summed E-state index contributed by atoms with van der Waals surface area (Å²) in [4.78, 5) is 0. The Morgan fingerprint density at radius 1 is 0.867 bits per heavy atom. The molecule has 0 bridgehead atoms. The van der Waals surface area contributed by atoms with Crippen LogP contribution in [-0.2, 0) is 0 Å². The van der Waals surface area contributed by atoms with Crippen LogP contribution in [0.15, 0.2) is 0 Å². The lowest BCUT2D eigenvalue weighted by molar-refractivity contribution is 0.369. The molecule has 2 unspecified atom stereocenters. The van der Waals surface area contributed by atoms with E-state index >= 15 is 0 Å². The summed E-state index contributed by atoms with van der Waals surface area (Å²) in [6, 6.07) is 0.457. The van der Waals surface area contributed by atoms with Crippen molar-refractivity contribution in [1.29, 1.82) is 0 Å². The number of nitrogens with two attached hydrogens (primary N) is 1. The van der Waals surface area contributed by atoms with Gasteiger partial charge in [0.15, 0.2) is 0 Å². The maximum Gasteiger partial charge on any atom is 0.00414 e. The molecule has 0 aromatic carbocycles. The summed E-state index contributed by atoms with van der Waals surface area (Å²) in [6.45, 7) is 6.83. The van der Waals surface area contributed by atoms with Gasteiger partial charge in [-0.1, -0.05) is 65.7 Å². The highest BCUT2D eigenvalue weighted by Gasteiger charge is 2.11. The Morgan fingerprint density at radius 2 is 1.53 bits per heavy atom. The monoisotopic (exact) mass is 213 g/mol. The summed E-state index contributed by atoms with van der Waals surface area (Å²) < 4.78 is 0. The van der Waals surface area contributed by atoms with Gasteiger partial charge >= 0.3 is 0 Å². The topological polar surface area (TPSA) is 26.0 Å². The number of hydrogen-bond donors (Lipinski definition) is 1. The molecule has 92 valence electrons. The Hall–Kier alpha value is -0.0400. The van der Waals surface area contributed by atoms with Gasteiger partial charge in [-0.3, -0.25) is 0 Å². The van der Waals surface area contributed by atoms with Crippen LogP contribution in [0.4, 0.5) is 0 Å². The maximum absolute atomic E-state index is 6.16. The molecule has 0 saturated heterocycles. The predicted molar refractivity (Wildman–Crippen MR) is 70.0 cm³/mol. The summed E-state index contributed by atoms with van der Waals surface area (Å²) in [5.41, 5.74) is 6.16. The molecule has 15 heavy (non-hydrogen) atoms. The molecule has 0 radical (unpaired) electrons. The zero-order chi connectivity index (χ0) is 11.5. The summed E-state index contributed by atoms with van der Waals surface area (Å²) in [7, 11) is 0. The van der Waals surface area contributed by atoms with E-state index in [1.54, 1.807) is 0 Å². The number of rotatable bonds is 10. The van der Waals surface area contributed by atoms with Crippen LogP contribution in [0.25, 0.3) is 0 Å². The Bertz CT molecular complexity index is 123. The standard InChI is InChI=1S/C14H31N/c1-4-7-9-11-14(15)12-13(6-3)10-8-5-2/h13-14H,4-12,15H2,1-3H3.